The molecule has 4 aliphatic carbocycles. The number of nitrogens with zero attached hydrogens (tertiary/aromatic N) is 1. The fourth-order valence-corrected chi connectivity index (χ4v) is 12.1. The molecule has 4 aliphatic rings. The van der Waals surface area contributed by atoms with Crippen molar-refractivity contribution in [2.24, 2.45) is 11.8 Å². The summed E-state index contributed by atoms with van der Waals surface area (Å²) >= 11 is 0. The Balaban J connectivity index is 1.05. The molecule has 2 fully saturated rings. The molecule has 0 saturated heterocycles. The molecule has 3 atom stereocenters. The Morgan fingerprint density at radius 1 is 0.458 bits per heavy atom. The first-order chi connectivity index (χ1) is 29.2. The van der Waals surface area contributed by atoms with Gasteiger partial charge in [0.25, 0.3) is 0 Å². The molecule has 282 valence electrons. The summed E-state index contributed by atoms with van der Waals surface area (Å²) in [5.74, 6) is 2.36. The predicted octanol–water partition coefficient (Wildman–Crippen LogP) is 14.9. The van der Waals surface area contributed by atoms with Gasteiger partial charge in [-0.1, -0.05) is 140 Å². The van der Waals surface area contributed by atoms with Crippen molar-refractivity contribution in [2.75, 3.05) is 4.90 Å². The van der Waals surface area contributed by atoms with E-state index in [0.29, 0.717) is 5.92 Å². The highest BCUT2D eigenvalue weighted by molar-refractivity contribution is 6.06. The summed E-state index contributed by atoms with van der Waals surface area (Å²) in [4.78, 5) is 2.48. The maximum Gasteiger partial charge on any atom is 0.135 e. The van der Waals surface area contributed by atoms with Gasteiger partial charge in [0.1, 0.15) is 11.2 Å². The van der Waals surface area contributed by atoms with Crippen molar-refractivity contribution >= 4 is 39.0 Å². The first kappa shape index (κ1) is 33.3. The van der Waals surface area contributed by atoms with Crippen LogP contribution in [0.2, 0.25) is 0 Å². The maximum atomic E-state index is 6.36. The Hall–Kier alpha value is -6.64. The number of rotatable bonds is 6. The minimum absolute atomic E-state index is 0.493. The van der Waals surface area contributed by atoms with Gasteiger partial charge in [0.15, 0.2) is 0 Å². The normalized spacial score (nSPS) is 19.2. The van der Waals surface area contributed by atoms with Gasteiger partial charge in [0.2, 0.25) is 0 Å². The van der Waals surface area contributed by atoms with Crippen molar-refractivity contribution in [2.45, 2.75) is 43.4 Å². The largest absolute Gasteiger partial charge is 0.456 e. The molecule has 2 nitrogen and oxygen atoms in total. The Labute approximate surface area is 345 Å². The lowest BCUT2D eigenvalue weighted by Crippen LogP contribution is -2.29. The van der Waals surface area contributed by atoms with E-state index in [1.165, 1.54) is 86.9 Å². The third-order valence-electron chi connectivity index (χ3n) is 14.6. The summed E-state index contributed by atoms with van der Waals surface area (Å²) in [5, 5.41) is 2.26. The van der Waals surface area contributed by atoms with Gasteiger partial charge in [-0.3, -0.25) is 0 Å². The molecule has 0 N–H and O–H groups in total. The number of para-hydroxylation sites is 1. The van der Waals surface area contributed by atoms with E-state index in [4.69, 9.17) is 4.42 Å². The number of hydrogen-bond acceptors (Lipinski definition) is 2. The van der Waals surface area contributed by atoms with Crippen LogP contribution >= 0.6 is 0 Å². The summed E-state index contributed by atoms with van der Waals surface area (Å²) < 4.78 is 6.36. The third kappa shape index (κ3) is 4.87. The quantitative estimate of drug-likeness (QED) is 0.168. The first-order valence-corrected chi connectivity index (χ1v) is 21.5. The molecule has 59 heavy (non-hydrogen) atoms. The average Bonchev–Trinajstić information content (AvgIpc) is 4.13. The zero-order valence-corrected chi connectivity index (χ0v) is 32.9. The van der Waals surface area contributed by atoms with E-state index in [9.17, 15) is 0 Å². The lowest BCUT2D eigenvalue weighted by Gasteiger charge is -2.35. The third-order valence-corrected chi connectivity index (χ3v) is 14.6. The molecule has 8 aromatic carbocycles. The number of hydrogen-bond donors (Lipinski definition) is 0. The van der Waals surface area contributed by atoms with Crippen LogP contribution < -0.4 is 4.90 Å². The molecule has 1 aromatic heterocycles. The molecule has 2 heteroatoms. The topological polar surface area (TPSA) is 16.4 Å². The molecule has 13 rings (SSSR count). The number of fused-ring (bicyclic) bond motifs is 11. The molecule has 0 aliphatic heterocycles. The maximum absolute atomic E-state index is 6.36. The molecule has 0 amide bonds. The van der Waals surface area contributed by atoms with Gasteiger partial charge in [-0.15, -0.1) is 0 Å². The van der Waals surface area contributed by atoms with Crippen molar-refractivity contribution in [3.63, 3.8) is 0 Å². The van der Waals surface area contributed by atoms with E-state index in [1.54, 1.807) is 0 Å². The summed E-state index contributed by atoms with van der Waals surface area (Å²) in [5.41, 5.74) is 19.7. The summed E-state index contributed by atoms with van der Waals surface area (Å²) in [6.07, 6.45) is 6.47. The van der Waals surface area contributed by atoms with Crippen LogP contribution in [0.25, 0.3) is 44.2 Å². The lowest BCUT2D eigenvalue weighted by molar-refractivity contribution is 0.419. The first-order valence-electron chi connectivity index (χ1n) is 21.5. The Bertz CT molecular complexity index is 3080. The SMILES string of the molecule is c1ccc(C2(c3ccccc3)c3cc(C4CC5CCC4C5)ccc3-c3ccc(N(c4ccc5c(c4)Cc4ccccc4-5)c4ccc5oc6ccccc6c5c4)cc32)cc1. The van der Waals surface area contributed by atoms with Crippen LogP contribution in [0, 0.1) is 11.8 Å². The van der Waals surface area contributed by atoms with Crippen LogP contribution in [-0.2, 0) is 11.8 Å². The summed E-state index contributed by atoms with van der Waals surface area (Å²) in [6.45, 7) is 0. The second kappa shape index (κ2) is 12.7. The van der Waals surface area contributed by atoms with Crippen LogP contribution in [0.5, 0.6) is 0 Å². The molecule has 2 bridgehead atoms. The van der Waals surface area contributed by atoms with Crippen LogP contribution in [0.15, 0.2) is 186 Å². The van der Waals surface area contributed by atoms with E-state index in [1.807, 2.05) is 0 Å². The molecule has 0 spiro atoms. The highest BCUT2D eigenvalue weighted by Gasteiger charge is 2.48. The molecular formula is C57H43NO. The highest BCUT2D eigenvalue weighted by Crippen LogP contribution is 2.60. The second-order valence-corrected chi connectivity index (χ2v) is 17.6. The van der Waals surface area contributed by atoms with Crippen LogP contribution in [0.3, 0.4) is 0 Å². The molecule has 3 unspecified atom stereocenters. The Kier molecular flexibility index (Phi) is 7.17. The van der Waals surface area contributed by atoms with Crippen LogP contribution in [-0.4, -0.2) is 0 Å². The van der Waals surface area contributed by atoms with Gasteiger partial charge >= 0.3 is 0 Å². The zero-order valence-electron chi connectivity index (χ0n) is 32.9. The standard InChI is InChI=1S/C57H43NO/c1-3-12-41(13-4-1)57(42-14-5-2-6-15-42)53-33-39(51-30-36-19-20-38(51)29-36)21-25-48(53)49-27-23-45(35-54(49)57)58(43-22-26-47-40(32-43)31-37-11-7-8-16-46(37)47)44-24-28-56-52(34-44)50-17-9-10-18-55(50)59-56/h1-18,21-28,32-36,38,51H,19-20,29-31H2. The van der Waals surface area contributed by atoms with Crippen molar-refractivity contribution in [3.05, 3.63) is 221 Å². The number of furan rings is 1. The smallest absolute Gasteiger partial charge is 0.135 e. The van der Waals surface area contributed by atoms with Gasteiger partial charge in [-0.05, 0) is 153 Å². The number of benzene rings is 8. The zero-order chi connectivity index (χ0) is 38.7. The highest BCUT2D eigenvalue weighted by atomic mass is 16.3. The summed E-state index contributed by atoms with van der Waals surface area (Å²) in [7, 11) is 0. The van der Waals surface area contributed by atoms with Crippen LogP contribution in [0.4, 0.5) is 17.1 Å². The molecule has 1 heterocycles. The van der Waals surface area contributed by atoms with Crippen molar-refractivity contribution in [1.29, 1.82) is 0 Å². The second-order valence-electron chi connectivity index (χ2n) is 17.6. The van der Waals surface area contributed by atoms with Gasteiger partial charge in [-0.25, -0.2) is 0 Å². The van der Waals surface area contributed by atoms with Crippen LogP contribution in [0.1, 0.15) is 70.5 Å². The van der Waals surface area contributed by atoms with E-state index >= 15 is 0 Å². The lowest BCUT2D eigenvalue weighted by atomic mass is 9.67. The molecular weight excluding hydrogens is 715 g/mol. The van der Waals surface area contributed by atoms with Gasteiger partial charge in [0, 0.05) is 27.8 Å². The van der Waals surface area contributed by atoms with E-state index in [2.05, 4.69) is 187 Å². The molecule has 2 saturated carbocycles. The fraction of sp³-hybridized carbons (Fsp3) is 0.158. The van der Waals surface area contributed by atoms with Gasteiger partial charge in [0.05, 0.1) is 5.41 Å². The molecule has 9 aromatic rings. The van der Waals surface area contributed by atoms with E-state index in [-0.39, 0.29) is 0 Å². The molecule has 0 radical (unpaired) electrons. The van der Waals surface area contributed by atoms with E-state index < -0.39 is 5.41 Å². The predicted molar refractivity (Wildman–Crippen MR) is 242 cm³/mol. The van der Waals surface area contributed by atoms with Crippen molar-refractivity contribution in [1.82, 2.24) is 0 Å². The monoisotopic (exact) mass is 757 g/mol. The average molecular weight is 758 g/mol. The van der Waals surface area contributed by atoms with Crippen molar-refractivity contribution < 1.29 is 4.42 Å². The number of anilines is 3. The fourth-order valence-electron chi connectivity index (χ4n) is 12.1. The van der Waals surface area contributed by atoms with Gasteiger partial charge < -0.3 is 9.32 Å². The minimum Gasteiger partial charge on any atom is -0.456 e. The Morgan fingerprint density at radius 3 is 1.86 bits per heavy atom. The Morgan fingerprint density at radius 2 is 1.08 bits per heavy atom. The van der Waals surface area contributed by atoms with Crippen molar-refractivity contribution in [3.8, 4) is 22.3 Å². The minimum atomic E-state index is -0.493. The van der Waals surface area contributed by atoms with Gasteiger partial charge in [-0.2, -0.15) is 0 Å². The summed E-state index contributed by atoms with van der Waals surface area (Å²) in [6, 6.07) is 68.6. The van der Waals surface area contributed by atoms with E-state index in [0.717, 1.165) is 57.3 Å².